The molecule has 0 radical (unpaired) electrons. The molecule has 21 heavy (non-hydrogen) atoms. The Labute approximate surface area is 126 Å². The maximum Gasteiger partial charge on any atom is 0.224 e. The molecular formula is C18H23NO2. The molecule has 0 aliphatic carbocycles. The lowest BCUT2D eigenvalue weighted by Crippen LogP contribution is -2.58. The van der Waals surface area contributed by atoms with Crippen LogP contribution >= 0.6 is 0 Å². The van der Waals surface area contributed by atoms with Crippen LogP contribution in [0.4, 0.5) is 0 Å². The van der Waals surface area contributed by atoms with Crippen molar-refractivity contribution < 1.29 is 9.90 Å². The number of rotatable bonds is 4. The summed E-state index contributed by atoms with van der Waals surface area (Å²) in [5.74, 6) is -0.0857. The summed E-state index contributed by atoms with van der Waals surface area (Å²) in [4.78, 5) is 12.2. The minimum Gasteiger partial charge on any atom is -0.388 e. The molecule has 0 atom stereocenters. The Hall–Kier alpha value is -1.87. The van der Waals surface area contributed by atoms with Crippen LogP contribution < -0.4 is 5.32 Å². The minimum atomic E-state index is -0.980. The summed E-state index contributed by atoms with van der Waals surface area (Å²) in [5, 5.41) is 15.3. The normalized spacial score (nSPS) is 12.4. The number of hydrogen-bond acceptors (Lipinski definition) is 2. The van der Waals surface area contributed by atoms with E-state index in [0.29, 0.717) is 6.42 Å². The van der Waals surface area contributed by atoms with Crippen LogP contribution in [0.1, 0.15) is 33.3 Å². The Kier molecular flexibility index (Phi) is 4.06. The highest BCUT2D eigenvalue weighted by Gasteiger charge is 2.36. The molecule has 0 spiro atoms. The molecule has 2 N–H and O–H groups in total. The molecule has 0 unspecified atom stereocenters. The molecule has 0 bridgehead atoms. The lowest BCUT2D eigenvalue weighted by Gasteiger charge is -2.38. The lowest BCUT2D eigenvalue weighted by atomic mass is 9.86. The first-order valence-corrected chi connectivity index (χ1v) is 7.20. The Morgan fingerprint density at radius 2 is 1.67 bits per heavy atom. The summed E-state index contributed by atoms with van der Waals surface area (Å²) in [6.07, 6.45) is 0.310. The van der Waals surface area contributed by atoms with Crippen molar-refractivity contribution in [1.82, 2.24) is 5.32 Å². The third-order valence-electron chi connectivity index (χ3n) is 4.16. The second-order valence-electron chi connectivity index (χ2n) is 6.59. The van der Waals surface area contributed by atoms with E-state index in [4.69, 9.17) is 0 Å². The largest absolute Gasteiger partial charge is 0.388 e. The highest BCUT2D eigenvalue weighted by molar-refractivity contribution is 5.85. The second-order valence-corrected chi connectivity index (χ2v) is 6.59. The SMILES string of the molecule is CC(C)(O)C(C)(C)NC(=O)Cc1ccc2ccccc2c1. The van der Waals surface area contributed by atoms with Crippen molar-refractivity contribution >= 4 is 16.7 Å². The van der Waals surface area contributed by atoms with Crippen LogP contribution in [0.3, 0.4) is 0 Å². The molecule has 3 heteroatoms. The molecule has 2 rings (SSSR count). The van der Waals surface area contributed by atoms with Gasteiger partial charge in [0.15, 0.2) is 0 Å². The zero-order valence-electron chi connectivity index (χ0n) is 13.1. The van der Waals surface area contributed by atoms with Gasteiger partial charge in [0.2, 0.25) is 5.91 Å². The number of amides is 1. The van der Waals surface area contributed by atoms with Crippen LogP contribution in [0, 0.1) is 0 Å². The van der Waals surface area contributed by atoms with Crippen molar-refractivity contribution in [3.8, 4) is 0 Å². The standard InChI is InChI=1S/C18H23NO2/c1-17(2,18(3,4)21)19-16(20)12-13-9-10-14-7-5-6-8-15(14)11-13/h5-11,21H,12H2,1-4H3,(H,19,20). The first kappa shape index (κ1) is 15.5. The first-order chi connectivity index (χ1) is 9.69. The van der Waals surface area contributed by atoms with E-state index < -0.39 is 11.1 Å². The van der Waals surface area contributed by atoms with Gasteiger partial charge in [-0.2, -0.15) is 0 Å². The predicted octanol–water partition coefficient (Wildman–Crippen LogP) is 3.05. The molecular weight excluding hydrogens is 262 g/mol. The monoisotopic (exact) mass is 285 g/mol. The third-order valence-corrected chi connectivity index (χ3v) is 4.16. The summed E-state index contributed by atoms with van der Waals surface area (Å²) in [6, 6.07) is 14.1. The van der Waals surface area contributed by atoms with Gasteiger partial charge >= 0.3 is 0 Å². The molecule has 0 heterocycles. The van der Waals surface area contributed by atoms with Gasteiger partial charge in [-0.05, 0) is 44.0 Å². The molecule has 112 valence electrons. The van der Waals surface area contributed by atoms with Crippen molar-refractivity contribution in [3.05, 3.63) is 48.0 Å². The van der Waals surface area contributed by atoms with E-state index in [1.807, 2.05) is 50.2 Å². The predicted molar refractivity (Wildman–Crippen MR) is 86.2 cm³/mol. The number of carbonyl (C=O) groups is 1. The fourth-order valence-electron chi connectivity index (χ4n) is 2.08. The topological polar surface area (TPSA) is 49.3 Å². The van der Waals surface area contributed by atoms with Crippen LogP contribution in [-0.4, -0.2) is 22.2 Å². The van der Waals surface area contributed by atoms with Crippen LogP contribution in [0.25, 0.3) is 10.8 Å². The number of nitrogens with one attached hydrogen (secondary N) is 1. The number of carbonyl (C=O) groups excluding carboxylic acids is 1. The summed E-state index contributed by atoms with van der Waals surface area (Å²) >= 11 is 0. The summed E-state index contributed by atoms with van der Waals surface area (Å²) in [7, 11) is 0. The average molecular weight is 285 g/mol. The van der Waals surface area contributed by atoms with Gasteiger partial charge in [0.05, 0.1) is 17.6 Å². The van der Waals surface area contributed by atoms with Gasteiger partial charge in [0.25, 0.3) is 0 Å². The summed E-state index contributed by atoms with van der Waals surface area (Å²) in [6.45, 7) is 7.04. The van der Waals surface area contributed by atoms with E-state index in [1.54, 1.807) is 13.8 Å². The van der Waals surface area contributed by atoms with Crippen LogP contribution in [0.15, 0.2) is 42.5 Å². The van der Waals surface area contributed by atoms with Gasteiger partial charge in [0.1, 0.15) is 0 Å². The van der Waals surface area contributed by atoms with Crippen molar-refractivity contribution in [2.45, 2.75) is 45.3 Å². The lowest BCUT2D eigenvalue weighted by molar-refractivity contribution is -0.125. The second kappa shape index (κ2) is 5.49. The Morgan fingerprint density at radius 3 is 2.29 bits per heavy atom. The van der Waals surface area contributed by atoms with Crippen LogP contribution in [0.5, 0.6) is 0 Å². The average Bonchev–Trinajstić information content (AvgIpc) is 2.36. The van der Waals surface area contributed by atoms with Crippen molar-refractivity contribution in [1.29, 1.82) is 0 Å². The van der Waals surface area contributed by atoms with E-state index in [1.165, 1.54) is 5.39 Å². The van der Waals surface area contributed by atoms with Crippen LogP contribution in [-0.2, 0) is 11.2 Å². The molecule has 0 saturated heterocycles. The van der Waals surface area contributed by atoms with Gasteiger partial charge in [-0.3, -0.25) is 4.79 Å². The summed E-state index contributed by atoms with van der Waals surface area (Å²) in [5.41, 5.74) is -0.690. The van der Waals surface area contributed by atoms with Gasteiger partial charge in [-0.25, -0.2) is 0 Å². The number of fused-ring (bicyclic) bond motifs is 1. The van der Waals surface area contributed by atoms with Gasteiger partial charge in [-0.1, -0.05) is 42.5 Å². The number of hydrogen-bond donors (Lipinski definition) is 2. The fraction of sp³-hybridized carbons (Fsp3) is 0.389. The van der Waals surface area contributed by atoms with Crippen molar-refractivity contribution in [2.75, 3.05) is 0 Å². The number of aliphatic hydroxyl groups is 1. The molecule has 2 aromatic rings. The zero-order valence-corrected chi connectivity index (χ0v) is 13.1. The Balaban J connectivity index is 2.11. The van der Waals surface area contributed by atoms with Crippen molar-refractivity contribution in [2.24, 2.45) is 0 Å². The van der Waals surface area contributed by atoms with E-state index in [9.17, 15) is 9.90 Å². The minimum absolute atomic E-state index is 0.0857. The molecule has 2 aromatic carbocycles. The molecule has 0 aliphatic rings. The van der Waals surface area contributed by atoms with Gasteiger partial charge in [0, 0.05) is 0 Å². The molecule has 0 aromatic heterocycles. The van der Waals surface area contributed by atoms with Gasteiger partial charge in [-0.15, -0.1) is 0 Å². The molecule has 3 nitrogen and oxygen atoms in total. The Bertz CT molecular complexity index is 654. The van der Waals surface area contributed by atoms with Crippen molar-refractivity contribution in [3.63, 3.8) is 0 Å². The van der Waals surface area contributed by atoms with E-state index in [2.05, 4.69) is 11.4 Å². The first-order valence-electron chi connectivity index (χ1n) is 7.20. The maximum absolute atomic E-state index is 12.2. The number of benzene rings is 2. The maximum atomic E-state index is 12.2. The van der Waals surface area contributed by atoms with E-state index in [-0.39, 0.29) is 5.91 Å². The fourth-order valence-corrected chi connectivity index (χ4v) is 2.08. The van der Waals surface area contributed by atoms with Gasteiger partial charge < -0.3 is 10.4 Å². The zero-order chi connectivity index (χ0) is 15.7. The highest BCUT2D eigenvalue weighted by atomic mass is 16.3. The third kappa shape index (κ3) is 3.61. The smallest absolute Gasteiger partial charge is 0.224 e. The molecule has 1 amide bonds. The van der Waals surface area contributed by atoms with E-state index in [0.717, 1.165) is 10.9 Å². The summed E-state index contributed by atoms with van der Waals surface area (Å²) < 4.78 is 0. The molecule has 0 aliphatic heterocycles. The highest BCUT2D eigenvalue weighted by Crippen LogP contribution is 2.21. The molecule has 0 saturated carbocycles. The van der Waals surface area contributed by atoms with E-state index >= 15 is 0 Å². The van der Waals surface area contributed by atoms with Crippen LogP contribution in [0.2, 0.25) is 0 Å². The quantitative estimate of drug-likeness (QED) is 0.907. The Morgan fingerprint density at radius 1 is 1.05 bits per heavy atom. The molecule has 0 fully saturated rings.